The molecule has 0 aromatic carbocycles. The van der Waals surface area contributed by atoms with Gasteiger partial charge in [-0.3, -0.25) is 14.4 Å². The first-order valence-electron chi connectivity index (χ1n) is 31.8. The summed E-state index contributed by atoms with van der Waals surface area (Å²) in [6.07, 6.45) is 77.9. The van der Waals surface area contributed by atoms with Crippen molar-refractivity contribution in [3.8, 4) is 0 Å². The number of rotatable bonds is 58. The summed E-state index contributed by atoms with van der Waals surface area (Å²) in [6, 6.07) is 0. The van der Waals surface area contributed by atoms with Crippen LogP contribution >= 0.6 is 0 Å². The van der Waals surface area contributed by atoms with Crippen LogP contribution in [0.5, 0.6) is 0 Å². The summed E-state index contributed by atoms with van der Waals surface area (Å²) in [5, 5.41) is 0. The largest absolute Gasteiger partial charge is 0.462 e. The minimum Gasteiger partial charge on any atom is -0.462 e. The van der Waals surface area contributed by atoms with Crippen LogP contribution in [0.2, 0.25) is 0 Å². The lowest BCUT2D eigenvalue weighted by Gasteiger charge is -2.18. The minimum absolute atomic E-state index is 0.0808. The van der Waals surface area contributed by atoms with Crippen LogP contribution in [0, 0.1) is 0 Å². The quantitative estimate of drug-likeness (QED) is 0.0261. The van der Waals surface area contributed by atoms with Gasteiger partial charge in [-0.25, -0.2) is 0 Å². The Morgan fingerprint density at radius 1 is 0.274 bits per heavy atom. The van der Waals surface area contributed by atoms with E-state index in [1.807, 2.05) is 0 Å². The molecule has 6 nitrogen and oxygen atoms in total. The maximum absolute atomic E-state index is 12.9. The van der Waals surface area contributed by atoms with E-state index in [0.29, 0.717) is 19.3 Å². The first-order chi connectivity index (χ1) is 36.0. The SMILES string of the molecule is CCCC/C=C\C/C=C\CCCCCCCC(=O)OCC(COC(=O)CCCCCCCCCCCCC/C=C\CCCCCCCCCC)OC(=O)CCCCCCCCC/C=C\C/C=C\CCCCCC. The van der Waals surface area contributed by atoms with Crippen molar-refractivity contribution in [2.24, 2.45) is 0 Å². The van der Waals surface area contributed by atoms with Gasteiger partial charge < -0.3 is 14.2 Å². The highest BCUT2D eigenvalue weighted by Gasteiger charge is 2.19. The van der Waals surface area contributed by atoms with E-state index in [4.69, 9.17) is 14.2 Å². The van der Waals surface area contributed by atoms with E-state index in [1.54, 1.807) is 0 Å². The summed E-state index contributed by atoms with van der Waals surface area (Å²) in [5.41, 5.74) is 0. The lowest BCUT2D eigenvalue weighted by molar-refractivity contribution is -0.167. The lowest BCUT2D eigenvalue weighted by atomic mass is 10.0. The fraction of sp³-hybridized carbons (Fsp3) is 0.806. The molecule has 0 saturated heterocycles. The number of hydrogen-bond acceptors (Lipinski definition) is 6. The van der Waals surface area contributed by atoms with Crippen LogP contribution in [0.15, 0.2) is 60.8 Å². The number of esters is 3. The van der Waals surface area contributed by atoms with Crippen molar-refractivity contribution in [1.29, 1.82) is 0 Å². The Kier molecular flexibility index (Phi) is 59.2. The zero-order valence-corrected chi connectivity index (χ0v) is 48.7. The van der Waals surface area contributed by atoms with E-state index < -0.39 is 6.10 Å². The molecule has 6 heteroatoms. The monoisotopic (exact) mass is 1020 g/mol. The molecular formula is C67H120O6. The molecule has 1 atom stereocenters. The predicted octanol–water partition coefficient (Wildman–Crippen LogP) is 21.6. The number of unbranched alkanes of at least 4 members (excludes halogenated alkanes) is 37. The van der Waals surface area contributed by atoms with Crippen LogP contribution in [0.25, 0.3) is 0 Å². The number of carbonyl (C=O) groups is 3. The van der Waals surface area contributed by atoms with E-state index >= 15 is 0 Å². The van der Waals surface area contributed by atoms with Crippen molar-refractivity contribution < 1.29 is 28.6 Å². The molecule has 0 aliphatic heterocycles. The van der Waals surface area contributed by atoms with E-state index in [1.165, 1.54) is 199 Å². The lowest BCUT2D eigenvalue weighted by Crippen LogP contribution is -2.30. The molecule has 0 saturated carbocycles. The first-order valence-corrected chi connectivity index (χ1v) is 31.8. The Balaban J connectivity index is 4.33. The van der Waals surface area contributed by atoms with Crippen LogP contribution in [0.3, 0.4) is 0 Å². The van der Waals surface area contributed by atoms with E-state index in [9.17, 15) is 14.4 Å². The Labute approximate surface area is 453 Å². The molecule has 0 aromatic heterocycles. The summed E-state index contributed by atoms with van der Waals surface area (Å²) in [7, 11) is 0. The molecule has 0 spiro atoms. The summed E-state index contributed by atoms with van der Waals surface area (Å²) in [6.45, 7) is 6.60. The van der Waals surface area contributed by atoms with Crippen molar-refractivity contribution in [2.75, 3.05) is 13.2 Å². The van der Waals surface area contributed by atoms with Gasteiger partial charge in [0.25, 0.3) is 0 Å². The maximum atomic E-state index is 12.9. The van der Waals surface area contributed by atoms with Crippen LogP contribution < -0.4 is 0 Å². The van der Waals surface area contributed by atoms with Gasteiger partial charge in [-0.05, 0) is 103 Å². The van der Waals surface area contributed by atoms with Gasteiger partial charge in [0, 0.05) is 19.3 Å². The second kappa shape index (κ2) is 61.7. The Bertz CT molecular complexity index is 1310. The molecule has 424 valence electrons. The van der Waals surface area contributed by atoms with Crippen LogP contribution in [-0.2, 0) is 28.6 Å². The van der Waals surface area contributed by atoms with Crippen molar-refractivity contribution in [3.05, 3.63) is 60.8 Å². The molecule has 0 amide bonds. The second-order valence-corrected chi connectivity index (χ2v) is 21.3. The van der Waals surface area contributed by atoms with Gasteiger partial charge in [0.05, 0.1) is 0 Å². The van der Waals surface area contributed by atoms with Gasteiger partial charge >= 0.3 is 17.9 Å². The highest BCUT2D eigenvalue weighted by atomic mass is 16.6. The fourth-order valence-electron chi connectivity index (χ4n) is 9.13. The standard InChI is InChI=1S/C67H120O6/c1-4-7-10-13-16-19-22-25-28-30-32-33-34-35-36-38-39-42-45-48-51-54-57-60-66(69)72-63-64(62-71-65(68)59-56-53-50-47-44-41-27-24-21-18-15-12-9-6-3)73-67(70)61-58-55-52-49-46-43-40-37-31-29-26-23-20-17-14-11-8-5-2/h15,18,20,23-24,27,29-32,64H,4-14,16-17,19,21-22,25-26,28,33-63H2,1-3H3/b18-15-,23-20-,27-24-,31-29-,32-30-. The van der Waals surface area contributed by atoms with E-state index in [-0.39, 0.29) is 31.1 Å². The first kappa shape index (κ1) is 70.1. The molecule has 0 fully saturated rings. The molecule has 73 heavy (non-hydrogen) atoms. The molecule has 0 heterocycles. The maximum Gasteiger partial charge on any atom is 0.306 e. The van der Waals surface area contributed by atoms with E-state index in [2.05, 4.69) is 81.5 Å². The van der Waals surface area contributed by atoms with Gasteiger partial charge in [-0.2, -0.15) is 0 Å². The van der Waals surface area contributed by atoms with Gasteiger partial charge in [-0.1, -0.05) is 268 Å². The number of carbonyl (C=O) groups excluding carboxylic acids is 3. The molecule has 0 rings (SSSR count). The van der Waals surface area contributed by atoms with Gasteiger partial charge in [-0.15, -0.1) is 0 Å². The molecule has 0 N–H and O–H groups in total. The topological polar surface area (TPSA) is 78.9 Å². The average molecular weight is 1020 g/mol. The number of ether oxygens (including phenoxy) is 3. The van der Waals surface area contributed by atoms with Crippen molar-refractivity contribution in [1.82, 2.24) is 0 Å². The predicted molar refractivity (Wildman–Crippen MR) is 316 cm³/mol. The third-order valence-electron chi connectivity index (χ3n) is 14.0. The van der Waals surface area contributed by atoms with Gasteiger partial charge in [0.1, 0.15) is 13.2 Å². The number of allylic oxidation sites excluding steroid dienone is 10. The Morgan fingerprint density at radius 2 is 0.507 bits per heavy atom. The van der Waals surface area contributed by atoms with E-state index in [0.717, 1.165) is 89.9 Å². The molecular weight excluding hydrogens is 901 g/mol. The third-order valence-corrected chi connectivity index (χ3v) is 14.0. The zero-order valence-electron chi connectivity index (χ0n) is 48.7. The van der Waals surface area contributed by atoms with Gasteiger partial charge in [0.2, 0.25) is 0 Å². The second-order valence-electron chi connectivity index (χ2n) is 21.3. The molecule has 0 bridgehead atoms. The van der Waals surface area contributed by atoms with Crippen LogP contribution in [-0.4, -0.2) is 37.2 Å². The highest BCUT2D eigenvalue weighted by molar-refractivity contribution is 5.71. The number of hydrogen-bond donors (Lipinski definition) is 0. The molecule has 0 aromatic rings. The highest BCUT2D eigenvalue weighted by Crippen LogP contribution is 2.16. The minimum atomic E-state index is -0.785. The summed E-state index contributed by atoms with van der Waals surface area (Å²) in [5.74, 6) is -0.889. The third kappa shape index (κ3) is 59.9. The van der Waals surface area contributed by atoms with Crippen molar-refractivity contribution in [2.45, 2.75) is 335 Å². The Morgan fingerprint density at radius 3 is 0.822 bits per heavy atom. The average Bonchev–Trinajstić information content (AvgIpc) is 3.39. The van der Waals surface area contributed by atoms with Crippen LogP contribution in [0.1, 0.15) is 329 Å². The summed E-state index contributed by atoms with van der Waals surface area (Å²) < 4.78 is 16.9. The zero-order chi connectivity index (χ0) is 52.9. The summed E-state index contributed by atoms with van der Waals surface area (Å²) in [4.78, 5) is 38.3. The van der Waals surface area contributed by atoms with Gasteiger partial charge in [0.15, 0.2) is 6.10 Å². The van der Waals surface area contributed by atoms with Crippen LogP contribution in [0.4, 0.5) is 0 Å². The summed E-state index contributed by atoms with van der Waals surface area (Å²) >= 11 is 0. The smallest absolute Gasteiger partial charge is 0.306 e. The molecule has 1 unspecified atom stereocenters. The molecule has 0 aliphatic carbocycles. The normalized spacial score (nSPS) is 12.4. The van der Waals surface area contributed by atoms with Crippen molar-refractivity contribution in [3.63, 3.8) is 0 Å². The molecule has 0 radical (unpaired) electrons. The molecule has 0 aliphatic rings. The fourth-order valence-corrected chi connectivity index (χ4v) is 9.13. The Hall–Kier alpha value is -2.89. The van der Waals surface area contributed by atoms with Crippen molar-refractivity contribution >= 4 is 17.9 Å².